The molecule has 0 saturated carbocycles. The number of hydrogen-bond donors (Lipinski definition) is 0. The Labute approximate surface area is 267 Å². The molecular weight excluding hydrogens is 622 g/mol. The maximum Gasteiger partial charge on any atom is 0.319 e. The molecule has 4 saturated heterocycles. The normalized spacial score (nSPS) is 25.6. The molecular formula is C34H30ClF4N5O2. The summed E-state index contributed by atoms with van der Waals surface area (Å²) in [6.45, 7) is 5.18. The van der Waals surface area contributed by atoms with Gasteiger partial charge < -0.3 is 14.5 Å². The quantitative estimate of drug-likeness (QED) is 0.173. The van der Waals surface area contributed by atoms with Gasteiger partial charge in [-0.05, 0) is 48.9 Å². The molecule has 4 aromatic rings. The summed E-state index contributed by atoms with van der Waals surface area (Å²) in [7, 11) is 0. The van der Waals surface area contributed by atoms with Gasteiger partial charge in [0.1, 0.15) is 29.9 Å². The first kappa shape index (κ1) is 29.4. The SMILES string of the molecule is C=C(F)C(=O)N1CCC2[C@H]1CN2c1nc(OC[C@@]23CCCN2C[C@H](F)C3)nc2c(F)c(-c3cccc4ccc(F)c(Cl)c34)ccc12. The number of benzene rings is 3. The van der Waals surface area contributed by atoms with E-state index in [0.717, 1.165) is 19.4 Å². The second kappa shape index (κ2) is 10.8. The zero-order valence-corrected chi connectivity index (χ0v) is 25.5. The van der Waals surface area contributed by atoms with E-state index in [0.29, 0.717) is 60.0 Å². The Hall–Kier alpha value is -3.96. The smallest absolute Gasteiger partial charge is 0.319 e. The number of carbonyl (C=O) groups excluding carboxylic acids is 1. The molecule has 0 N–H and O–H groups in total. The first-order valence-electron chi connectivity index (χ1n) is 15.5. The predicted molar refractivity (Wildman–Crippen MR) is 167 cm³/mol. The zero-order valence-electron chi connectivity index (χ0n) is 24.8. The van der Waals surface area contributed by atoms with Crippen LogP contribution in [0.4, 0.5) is 23.4 Å². The summed E-state index contributed by atoms with van der Waals surface area (Å²) in [4.78, 5) is 27.2. The van der Waals surface area contributed by atoms with Crippen LogP contribution >= 0.6 is 11.6 Å². The average Bonchev–Trinajstić information content (AvgIpc) is 3.67. The molecule has 0 aliphatic carbocycles. The zero-order chi connectivity index (χ0) is 31.9. The predicted octanol–water partition coefficient (Wildman–Crippen LogP) is 6.61. The topological polar surface area (TPSA) is 61.8 Å². The van der Waals surface area contributed by atoms with Gasteiger partial charge in [0.05, 0.1) is 22.6 Å². The van der Waals surface area contributed by atoms with Gasteiger partial charge in [0.2, 0.25) is 0 Å². The lowest BCUT2D eigenvalue weighted by atomic mass is 9.94. The van der Waals surface area contributed by atoms with Gasteiger partial charge in [0, 0.05) is 42.4 Å². The lowest BCUT2D eigenvalue weighted by Crippen LogP contribution is -2.63. The van der Waals surface area contributed by atoms with Crippen LogP contribution in [0.3, 0.4) is 0 Å². The van der Waals surface area contributed by atoms with Gasteiger partial charge in [-0.25, -0.2) is 17.6 Å². The van der Waals surface area contributed by atoms with E-state index < -0.39 is 35.1 Å². The highest BCUT2D eigenvalue weighted by atomic mass is 35.5. The van der Waals surface area contributed by atoms with E-state index in [1.54, 1.807) is 36.4 Å². The Balaban J connectivity index is 1.22. The molecule has 4 atom stereocenters. The van der Waals surface area contributed by atoms with E-state index in [-0.39, 0.29) is 40.8 Å². The number of halogens is 5. The number of rotatable bonds is 6. The minimum Gasteiger partial charge on any atom is -0.461 e. The Kier molecular flexibility index (Phi) is 6.91. The molecule has 4 aliphatic heterocycles. The van der Waals surface area contributed by atoms with Gasteiger partial charge in [0.15, 0.2) is 11.6 Å². The van der Waals surface area contributed by atoms with Gasteiger partial charge in [-0.2, -0.15) is 9.97 Å². The van der Waals surface area contributed by atoms with Gasteiger partial charge >= 0.3 is 6.01 Å². The molecule has 4 fully saturated rings. The number of fused-ring (bicyclic) bond motifs is 4. The summed E-state index contributed by atoms with van der Waals surface area (Å²) in [6, 6.07) is 11.0. The monoisotopic (exact) mass is 651 g/mol. The van der Waals surface area contributed by atoms with E-state index in [9.17, 15) is 18.0 Å². The third-order valence-corrected chi connectivity index (χ3v) is 10.7. The summed E-state index contributed by atoms with van der Waals surface area (Å²) >= 11 is 6.40. The van der Waals surface area contributed by atoms with Crippen LogP contribution < -0.4 is 9.64 Å². The number of carbonyl (C=O) groups is 1. The molecule has 0 bridgehead atoms. The van der Waals surface area contributed by atoms with Gasteiger partial charge in [0.25, 0.3) is 5.91 Å². The summed E-state index contributed by atoms with van der Waals surface area (Å²) in [5, 5.41) is 1.36. The van der Waals surface area contributed by atoms with Crippen molar-refractivity contribution in [1.29, 1.82) is 0 Å². The number of alkyl halides is 1. The molecule has 8 rings (SSSR count). The number of aromatic nitrogens is 2. The number of ether oxygens (including phenoxy) is 1. The molecule has 7 nitrogen and oxygen atoms in total. The highest BCUT2D eigenvalue weighted by Gasteiger charge is 2.51. The standard InChI is InChI=1S/C34H30ClF4N5O2/c1-18(36)32(45)43-13-10-25-26(43)16-44(25)31-23-8-7-22(21-5-2-4-19-6-9-24(38)28(35)27(19)21)29(39)30(23)40-33(41-31)46-17-34-11-3-12-42(34)15-20(37)14-34/h2,4-9,20,25-26H,1,3,10-17H2/t20-,25?,26-,34+/m1/s1. The Morgan fingerprint density at radius 3 is 2.74 bits per heavy atom. The molecule has 12 heteroatoms. The third-order valence-electron chi connectivity index (χ3n) is 10.3. The van der Waals surface area contributed by atoms with Crippen molar-refractivity contribution in [2.45, 2.75) is 49.5 Å². The lowest BCUT2D eigenvalue weighted by molar-refractivity contribution is -0.130. The number of likely N-dealkylation sites (tertiary alicyclic amines) is 1. The van der Waals surface area contributed by atoms with Crippen molar-refractivity contribution in [3.8, 4) is 17.1 Å². The maximum absolute atomic E-state index is 16.7. The van der Waals surface area contributed by atoms with Crippen LogP contribution in [0, 0.1) is 11.6 Å². The van der Waals surface area contributed by atoms with Crippen molar-refractivity contribution in [1.82, 2.24) is 19.8 Å². The third kappa shape index (κ3) is 4.45. The fourth-order valence-corrected chi connectivity index (χ4v) is 8.34. The van der Waals surface area contributed by atoms with E-state index in [1.807, 2.05) is 4.90 Å². The van der Waals surface area contributed by atoms with E-state index in [2.05, 4.69) is 16.5 Å². The van der Waals surface area contributed by atoms with Crippen molar-refractivity contribution in [2.75, 3.05) is 37.7 Å². The van der Waals surface area contributed by atoms with Gasteiger partial charge in [-0.1, -0.05) is 48.5 Å². The average molecular weight is 652 g/mol. The van der Waals surface area contributed by atoms with E-state index in [1.165, 1.54) is 11.0 Å². The Bertz CT molecular complexity index is 1940. The lowest BCUT2D eigenvalue weighted by Gasteiger charge is -2.47. The van der Waals surface area contributed by atoms with Crippen LogP contribution in [-0.2, 0) is 4.79 Å². The molecule has 4 aliphatic rings. The van der Waals surface area contributed by atoms with Gasteiger partial charge in [-0.3, -0.25) is 9.69 Å². The highest BCUT2D eigenvalue weighted by Crippen LogP contribution is 2.44. The second-order valence-electron chi connectivity index (χ2n) is 12.8. The van der Waals surface area contributed by atoms with Crippen LogP contribution in [0.15, 0.2) is 54.9 Å². The molecule has 46 heavy (non-hydrogen) atoms. The Morgan fingerprint density at radius 2 is 1.91 bits per heavy atom. The largest absolute Gasteiger partial charge is 0.461 e. The van der Waals surface area contributed by atoms with Crippen LogP contribution in [0.5, 0.6) is 6.01 Å². The highest BCUT2D eigenvalue weighted by molar-refractivity contribution is 6.37. The molecule has 0 radical (unpaired) electrons. The fourth-order valence-electron chi connectivity index (χ4n) is 8.07. The number of nitrogens with zero attached hydrogens (tertiary/aromatic N) is 5. The second-order valence-corrected chi connectivity index (χ2v) is 13.1. The summed E-state index contributed by atoms with van der Waals surface area (Å²) in [6.07, 6.45) is 1.69. The van der Waals surface area contributed by atoms with Crippen LogP contribution in [0.25, 0.3) is 32.8 Å². The van der Waals surface area contributed by atoms with Crippen molar-refractivity contribution >= 4 is 45.0 Å². The molecule has 0 spiro atoms. The van der Waals surface area contributed by atoms with Crippen LogP contribution in [0.2, 0.25) is 5.02 Å². The van der Waals surface area contributed by atoms with Gasteiger partial charge in [-0.15, -0.1) is 0 Å². The van der Waals surface area contributed by atoms with Crippen molar-refractivity contribution < 1.29 is 27.1 Å². The molecule has 5 heterocycles. The van der Waals surface area contributed by atoms with E-state index >= 15 is 4.39 Å². The van der Waals surface area contributed by atoms with Crippen molar-refractivity contribution in [3.63, 3.8) is 0 Å². The van der Waals surface area contributed by atoms with E-state index in [4.69, 9.17) is 21.3 Å². The molecule has 238 valence electrons. The number of anilines is 1. The molecule has 1 unspecified atom stereocenters. The number of hydrogen-bond acceptors (Lipinski definition) is 6. The fraction of sp³-hybridized carbons (Fsp3) is 0.382. The van der Waals surface area contributed by atoms with Crippen LogP contribution in [0.1, 0.15) is 25.7 Å². The maximum atomic E-state index is 16.7. The minimum atomic E-state index is -1.01. The van der Waals surface area contributed by atoms with Crippen LogP contribution in [-0.4, -0.2) is 82.3 Å². The summed E-state index contributed by atoms with van der Waals surface area (Å²) in [5.41, 5.74) is 0.123. The minimum absolute atomic E-state index is 0.00381. The number of amides is 1. The summed E-state index contributed by atoms with van der Waals surface area (Å²) in [5.74, 6) is -2.57. The Morgan fingerprint density at radius 1 is 1.07 bits per heavy atom. The summed E-state index contributed by atoms with van der Waals surface area (Å²) < 4.78 is 65.7. The van der Waals surface area contributed by atoms with Crippen molar-refractivity contribution in [2.24, 2.45) is 0 Å². The van der Waals surface area contributed by atoms with Crippen molar-refractivity contribution in [3.05, 3.63) is 71.5 Å². The molecule has 1 amide bonds. The molecule has 3 aromatic carbocycles. The first-order valence-corrected chi connectivity index (χ1v) is 15.8. The molecule has 1 aromatic heterocycles. The first-order chi connectivity index (χ1) is 22.1.